The number of benzene rings is 2. The number of carbonyl (C=O) groups is 1. The van der Waals surface area contributed by atoms with Crippen molar-refractivity contribution in [3.63, 3.8) is 0 Å². The summed E-state index contributed by atoms with van der Waals surface area (Å²) in [6, 6.07) is 10.5. The Bertz CT molecular complexity index is 1580. The summed E-state index contributed by atoms with van der Waals surface area (Å²) in [4.78, 5) is 30.9. The first kappa shape index (κ1) is 26.0. The van der Waals surface area contributed by atoms with E-state index >= 15 is 4.39 Å². The average molecular weight is 545 g/mol. The smallest absolute Gasteiger partial charge is 0.259 e. The van der Waals surface area contributed by atoms with Crippen molar-refractivity contribution < 1.29 is 13.9 Å². The molecule has 0 aliphatic carbocycles. The van der Waals surface area contributed by atoms with Crippen LogP contribution in [0.4, 0.5) is 10.1 Å². The lowest BCUT2D eigenvalue weighted by molar-refractivity contribution is 0.0722. The van der Waals surface area contributed by atoms with Gasteiger partial charge in [0.15, 0.2) is 0 Å². The molecule has 2 saturated heterocycles. The molecule has 0 bridgehead atoms. The molecule has 2 aromatic heterocycles. The van der Waals surface area contributed by atoms with Gasteiger partial charge in [-0.15, -0.1) is 5.10 Å². The van der Waals surface area contributed by atoms with E-state index in [0.717, 1.165) is 63.1 Å². The van der Waals surface area contributed by atoms with E-state index in [1.54, 1.807) is 29.0 Å². The number of methoxy groups -OCH3 is 1. The van der Waals surface area contributed by atoms with Crippen LogP contribution in [0.5, 0.6) is 5.75 Å². The zero-order valence-electron chi connectivity index (χ0n) is 22.7. The molecule has 4 heterocycles. The second kappa shape index (κ2) is 11.1. The van der Waals surface area contributed by atoms with Crippen LogP contribution in [0.2, 0.25) is 0 Å². The SMILES string of the molecule is COc1ccc(-n2cc(Cn3cc(C(=O)N4CCCCC4)c(=O)c4cc(F)c(N5CCCCC5)cc43)nn2)cc1. The Morgan fingerprint density at radius 2 is 1.65 bits per heavy atom. The summed E-state index contributed by atoms with van der Waals surface area (Å²) in [5.74, 6) is 0.000264. The summed E-state index contributed by atoms with van der Waals surface area (Å²) >= 11 is 0. The van der Waals surface area contributed by atoms with E-state index in [-0.39, 0.29) is 23.4 Å². The third kappa shape index (κ3) is 5.05. The van der Waals surface area contributed by atoms with E-state index < -0.39 is 11.2 Å². The average Bonchev–Trinajstić information content (AvgIpc) is 3.47. The van der Waals surface area contributed by atoms with Crippen LogP contribution in [-0.2, 0) is 6.54 Å². The minimum atomic E-state index is -0.439. The van der Waals surface area contributed by atoms with Crippen LogP contribution in [0.3, 0.4) is 0 Å². The van der Waals surface area contributed by atoms with Crippen molar-refractivity contribution >= 4 is 22.5 Å². The Hall–Kier alpha value is -4.21. The Kier molecular flexibility index (Phi) is 7.23. The normalized spacial score (nSPS) is 15.9. The predicted molar refractivity (Wildman–Crippen MR) is 151 cm³/mol. The molecule has 208 valence electrons. The van der Waals surface area contributed by atoms with Crippen molar-refractivity contribution in [2.24, 2.45) is 0 Å². The number of rotatable bonds is 6. The lowest BCUT2D eigenvalue weighted by Crippen LogP contribution is -2.38. The number of fused-ring (bicyclic) bond motifs is 1. The highest BCUT2D eigenvalue weighted by atomic mass is 19.1. The third-order valence-corrected chi connectivity index (χ3v) is 7.93. The van der Waals surface area contributed by atoms with Crippen molar-refractivity contribution in [1.29, 1.82) is 0 Å². The molecule has 40 heavy (non-hydrogen) atoms. The molecule has 4 aromatic rings. The van der Waals surface area contributed by atoms with Gasteiger partial charge >= 0.3 is 0 Å². The van der Waals surface area contributed by atoms with Crippen LogP contribution < -0.4 is 15.1 Å². The molecule has 6 rings (SSSR count). The maximum atomic E-state index is 15.5. The van der Waals surface area contributed by atoms with Gasteiger partial charge in [-0.2, -0.15) is 0 Å². The summed E-state index contributed by atoms with van der Waals surface area (Å²) in [6.07, 6.45) is 9.46. The van der Waals surface area contributed by atoms with Crippen LogP contribution in [0, 0.1) is 5.82 Å². The first-order chi connectivity index (χ1) is 19.5. The molecule has 2 fully saturated rings. The van der Waals surface area contributed by atoms with Crippen molar-refractivity contribution in [1.82, 2.24) is 24.5 Å². The number of hydrogen-bond donors (Lipinski definition) is 0. The van der Waals surface area contributed by atoms with Gasteiger partial charge in [0.2, 0.25) is 5.43 Å². The summed E-state index contributed by atoms with van der Waals surface area (Å²) in [5.41, 5.74) is 2.13. The Morgan fingerprint density at radius 1 is 0.950 bits per heavy atom. The van der Waals surface area contributed by atoms with Gasteiger partial charge in [-0.05, 0) is 74.9 Å². The van der Waals surface area contributed by atoms with Gasteiger partial charge in [0, 0.05) is 37.8 Å². The van der Waals surface area contributed by atoms with Gasteiger partial charge in [0.25, 0.3) is 5.91 Å². The quantitative estimate of drug-likeness (QED) is 0.358. The molecule has 0 radical (unpaired) electrons. The van der Waals surface area contributed by atoms with E-state index in [1.165, 1.54) is 6.07 Å². The zero-order valence-corrected chi connectivity index (χ0v) is 22.7. The molecule has 10 heteroatoms. The highest BCUT2D eigenvalue weighted by Gasteiger charge is 2.25. The first-order valence-corrected chi connectivity index (χ1v) is 14.0. The molecule has 1 amide bonds. The molecule has 0 saturated carbocycles. The van der Waals surface area contributed by atoms with Gasteiger partial charge in [-0.1, -0.05) is 5.21 Å². The highest BCUT2D eigenvalue weighted by Crippen LogP contribution is 2.28. The molecule has 9 nitrogen and oxygen atoms in total. The predicted octanol–water partition coefficient (Wildman–Crippen LogP) is 4.39. The molecule has 0 atom stereocenters. The second-order valence-corrected chi connectivity index (χ2v) is 10.6. The molecule has 0 spiro atoms. The number of carbonyl (C=O) groups excluding carboxylic acids is 1. The number of piperidine rings is 2. The van der Waals surface area contributed by atoms with Gasteiger partial charge in [-0.3, -0.25) is 9.59 Å². The Morgan fingerprint density at radius 3 is 2.35 bits per heavy atom. The molecule has 2 aliphatic rings. The van der Waals surface area contributed by atoms with Gasteiger partial charge in [0.05, 0.1) is 36.7 Å². The largest absolute Gasteiger partial charge is 0.497 e. The molecular weight excluding hydrogens is 511 g/mol. The minimum absolute atomic E-state index is 0.0575. The first-order valence-electron chi connectivity index (χ1n) is 14.0. The Balaban J connectivity index is 1.42. The van der Waals surface area contributed by atoms with Crippen LogP contribution >= 0.6 is 0 Å². The number of pyridine rings is 1. The number of halogens is 1. The molecule has 0 N–H and O–H groups in total. The van der Waals surface area contributed by atoms with Gasteiger partial charge in [-0.25, -0.2) is 9.07 Å². The number of hydrogen-bond acceptors (Lipinski definition) is 6. The van der Waals surface area contributed by atoms with Crippen LogP contribution in [0.25, 0.3) is 16.6 Å². The standard InChI is InChI=1S/C30H33FN6O3/c1-40-23-10-8-22(9-11-23)37-19-21(32-33-37)18-36-20-25(30(39)35-14-6-3-7-15-35)29(38)24-16-26(31)28(17-27(24)36)34-12-4-2-5-13-34/h8-11,16-17,19-20H,2-7,12-15,18H2,1H3. The number of ether oxygens (including phenoxy) is 1. The maximum absolute atomic E-state index is 15.5. The lowest BCUT2D eigenvalue weighted by Gasteiger charge is -2.30. The number of aromatic nitrogens is 4. The summed E-state index contributed by atoms with van der Waals surface area (Å²) in [5, 5.41) is 8.83. The van der Waals surface area contributed by atoms with Gasteiger partial charge < -0.3 is 19.1 Å². The van der Waals surface area contributed by atoms with E-state index in [4.69, 9.17) is 4.74 Å². The molecule has 2 aromatic carbocycles. The summed E-state index contributed by atoms with van der Waals surface area (Å²) in [7, 11) is 1.62. The topological polar surface area (TPSA) is 85.5 Å². The monoisotopic (exact) mass is 544 g/mol. The molecular formula is C30H33FN6O3. The van der Waals surface area contributed by atoms with Crippen molar-refractivity contribution in [3.05, 3.63) is 76.1 Å². The molecule has 0 unspecified atom stereocenters. The summed E-state index contributed by atoms with van der Waals surface area (Å²) < 4.78 is 24.2. The van der Waals surface area contributed by atoms with Gasteiger partial charge in [0.1, 0.15) is 22.8 Å². The van der Waals surface area contributed by atoms with E-state index in [0.29, 0.717) is 30.0 Å². The number of likely N-dealkylation sites (tertiary alicyclic amines) is 1. The number of amides is 1. The fraction of sp³-hybridized carbons (Fsp3) is 0.400. The molecule has 2 aliphatic heterocycles. The van der Waals surface area contributed by atoms with Crippen LogP contribution in [0.1, 0.15) is 54.6 Å². The fourth-order valence-corrected chi connectivity index (χ4v) is 5.73. The van der Waals surface area contributed by atoms with Crippen molar-refractivity contribution in [3.8, 4) is 11.4 Å². The van der Waals surface area contributed by atoms with Crippen LogP contribution in [-0.4, -0.2) is 63.7 Å². The second-order valence-electron chi connectivity index (χ2n) is 10.6. The van der Waals surface area contributed by atoms with Crippen LogP contribution in [0.15, 0.2) is 53.6 Å². The van der Waals surface area contributed by atoms with E-state index in [2.05, 4.69) is 10.3 Å². The fourth-order valence-electron chi connectivity index (χ4n) is 5.73. The number of nitrogens with zero attached hydrogens (tertiary/aromatic N) is 6. The third-order valence-electron chi connectivity index (χ3n) is 7.93. The van der Waals surface area contributed by atoms with E-state index in [1.807, 2.05) is 39.9 Å². The minimum Gasteiger partial charge on any atom is -0.497 e. The zero-order chi connectivity index (χ0) is 27.6. The van der Waals surface area contributed by atoms with E-state index in [9.17, 15) is 9.59 Å². The summed E-state index contributed by atoms with van der Waals surface area (Å²) in [6.45, 7) is 3.05. The van der Waals surface area contributed by atoms with Crippen molar-refractivity contribution in [2.45, 2.75) is 45.1 Å². The lowest BCUT2D eigenvalue weighted by atomic mass is 10.1. The maximum Gasteiger partial charge on any atom is 0.259 e. The Labute approximate surface area is 231 Å². The highest BCUT2D eigenvalue weighted by molar-refractivity contribution is 5.98. The number of anilines is 1. The van der Waals surface area contributed by atoms with Crippen molar-refractivity contribution in [2.75, 3.05) is 38.2 Å².